The van der Waals surface area contributed by atoms with Gasteiger partial charge in [0.05, 0.1) is 5.52 Å². The van der Waals surface area contributed by atoms with Gasteiger partial charge in [-0.3, -0.25) is 4.98 Å². The number of ether oxygens (including phenoxy) is 1. The van der Waals surface area contributed by atoms with Crippen molar-refractivity contribution in [3.63, 3.8) is 0 Å². The van der Waals surface area contributed by atoms with Gasteiger partial charge in [0.1, 0.15) is 6.61 Å². The zero-order valence-corrected chi connectivity index (χ0v) is 17.0. The maximum atomic E-state index is 12.3. The predicted molar refractivity (Wildman–Crippen MR) is 124 cm³/mol. The Kier molecular flexibility index (Phi) is 5.19. The molecule has 0 radical (unpaired) electrons. The highest BCUT2D eigenvalue weighted by molar-refractivity contribution is 5.87. The first kappa shape index (κ1) is 19.1. The molecule has 0 bridgehead atoms. The Morgan fingerprint density at radius 2 is 1.61 bits per heavy atom. The van der Waals surface area contributed by atoms with Gasteiger partial charge in [-0.15, -0.1) is 0 Å². The second-order valence-corrected chi connectivity index (χ2v) is 7.53. The van der Waals surface area contributed by atoms with E-state index in [1.54, 1.807) is 6.20 Å². The average Bonchev–Trinajstić information content (AvgIpc) is 3.14. The molecule has 152 valence electrons. The van der Waals surface area contributed by atoms with Crippen LogP contribution in [0.15, 0.2) is 91.1 Å². The Hall–Kier alpha value is -3.92. The molecule has 4 heteroatoms. The molecule has 31 heavy (non-hydrogen) atoms. The number of nitrogens with one attached hydrogen (secondary N) is 1. The molecule has 5 rings (SSSR count). The third-order valence-electron chi connectivity index (χ3n) is 5.67. The van der Waals surface area contributed by atoms with E-state index in [-0.39, 0.29) is 5.92 Å². The molecule has 1 aliphatic carbocycles. The lowest BCUT2D eigenvalue weighted by Crippen LogP contribution is -2.26. The second-order valence-electron chi connectivity index (χ2n) is 7.53. The van der Waals surface area contributed by atoms with Gasteiger partial charge in [0.15, 0.2) is 0 Å². The quantitative estimate of drug-likeness (QED) is 0.457. The molecule has 1 aromatic heterocycles. The summed E-state index contributed by atoms with van der Waals surface area (Å²) in [5.41, 5.74) is 6.83. The van der Waals surface area contributed by atoms with E-state index in [4.69, 9.17) is 4.74 Å². The minimum absolute atomic E-state index is 0.0652. The molecule has 0 aliphatic heterocycles. The Labute approximate surface area is 181 Å². The molecule has 4 aromatic rings. The Morgan fingerprint density at radius 1 is 0.903 bits per heavy atom. The largest absolute Gasteiger partial charge is 0.449 e. The van der Waals surface area contributed by atoms with Crippen molar-refractivity contribution in [2.75, 3.05) is 13.2 Å². The maximum Gasteiger partial charge on any atom is 0.407 e. The van der Waals surface area contributed by atoms with E-state index >= 15 is 0 Å². The van der Waals surface area contributed by atoms with Crippen molar-refractivity contribution >= 4 is 23.1 Å². The highest BCUT2D eigenvalue weighted by Crippen LogP contribution is 2.44. The summed E-state index contributed by atoms with van der Waals surface area (Å²) in [5, 5.41) is 3.90. The monoisotopic (exact) mass is 406 g/mol. The van der Waals surface area contributed by atoms with Gasteiger partial charge in [-0.1, -0.05) is 84.9 Å². The molecule has 0 unspecified atom stereocenters. The molecule has 0 fully saturated rings. The number of para-hydroxylation sites is 1. The molecule has 3 aromatic carbocycles. The summed E-state index contributed by atoms with van der Waals surface area (Å²) in [6.07, 6.45) is 5.25. The van der Waals surface area contributed by atoms with Crippen molar-refractivity contribution in [2.45, 2.75) is 5.92 Å². The first-order valence-electron chi connectivity index (χ1n) is 10.4. The number of amides is 1. The summed E-state index contributed by atoms with van der Waals surface area (Å²) in [5.74, 6) is 0.0652. The summed E-state index contributed by atoms with van der Waals surface area (Å²) in [6, 6.07) is 26.6. The number of carbonyl (C=O) groups excluding carboxylic acids is 1. The second kappa shape index (κ2) is 8.44. The number of carbonyl (C=O) groups is 1. The van der Waals surface area contributed by atoms with Crippen LogP contribution in [0.5, 0.6) is 0 Å². The summed E-state index contributed by atoms with van der Waals surface area (Å²) in [6.45, 7) is 0.705. The molecule has 1 aliphatic rings. The van der Waals surface area contributed by atoms with Crippen molar-refractivity contribution in [3.8, 4) is 11.1 Å². The zero-order valence-electron chi connectivity index (χ0n) is 17.0. The molecule has 1 heterocycles. The molecule has 4 nitrogen and oxygen atoms in total. The fraction of sp³-hybridized carbons (Fsp3) is 0.111. The lowest BCUT2D eigenvalue weighted by molar-refractivity contribution is 0.144. The molecular formula is C27H22N2O2. The van der Waals surface area contributed by atoms with Gasteiger partial charge in [0.2, 0.25) is 0 Å². The number of fused-ring (bicyclic) bond motifs is 4. The fourth-order valence-electron chi connectivity index (χ4n) is 4.24. The van der Waals surface area contributed by atoms with Crippen LogP contribution in [-0.2, 0) is 4.74 Å². The van der Waals surface area contributed by atoms with Crippen LogP contribution in [0.2, 0.25) is 0 Å². The van der Waals surface area contributed by atoms with Crippen molar-refractivity contribution in [2.24, 2.45) is 0 Å². The molecule has 1 amide bonds. The fourth-order valence-corrected chi connectivity index (χ4v) is 4.24. The number of hydrogen-bond donors (Lipinski definition) is 1. The van der Waals surface area contributed by atoms with Gasteiger partial charge in [-0.2, -0.15) is 0 Å². The highest BCUT2D eigenvalue weighted by atomic mass is 16.5. The Balaban J connectivity index is 1.20. The molecule has 0 saturated carbocycles. The van der Waals surface area contributed by atoms with Crippen molar-refractivity contribution in [1.82, 2.24) is 10.3 Å². The molecule has 1 N–H and O–H groups in total. The zero-order chi connectivity index (χ0) is 21.0. The highest BCUT2D eigenvalue weighted by Gasteiger charge is 2.28. The van der Waals surface area contributed by atoms with Crippen molar-refractivity contribution in [3.05, 3.63) is 108 Å². The van der Waals surface area contributed by atoms with E-state index < -0.39 is 6.09 Å². The van der Waals surface area contributed by atoms with E-state index in [9.17, 15) is 4.79 Å². The number of aromatic nitrogens is 1. The van der Waals surface area contributed by atoms with Crippen LogP contribution < -0.4 is 5.32 Å². The van der Waals surface area contributed by atoms with Gasteiger partial charge in [-0.25, -0.2) is 4.79 Å². The topological polar surface area (TPSA) is 51.2 Å². The van der Waals surface area contributed by atoms with E-state index in [2.05, 4.69) is 34.6 Å². The predicted octanol–water partition coefficient (Wildman–Crippen LogP) is 5.79. The van der Waals surface area contributed by atoms with Gasteiger partial charge in [-0.05, 0) is 28.3 Å². The summed E-state index contributed by atoms with van der Waals surface area (Å²) < 4.78 is 5.57. The van der Waals surface area contributed by atoms with Crippen LogP contribution in [0.1, 0.15) is 22.6 Å². The van der Waals surface area contributed by atoms with Gasteiger partial charge < -0.3 is 10.1 Å². The van der Waals surface area contributed by atoms with Crippen LogP contribution in [-0.4, -0.2) is 24.2 Å². The minimum Gasteiger partial charge on any atom is -0.449 e. The third kappa shape index (κ3) is 3.80. The molecule has 0 spiro atoms. The van der Waals surface area contributed by atoms with Crippen LogP contribution in [0, 0.1) is 0 Å². The van der Waals surface area contributed by atoms with Crippen molar-refractivity contribution in [1.29, 1.82) is 0 Å². The number of benzene rings is 3. The smallest absolute Gasteiger partial charge is 0.407 e. The van der Waals surface area contributed by atoms with Crippen LogP contribution in [0.25, 0.3) is 28.1 Å². The van der Waals surface area contributed by atoms with E-state index in [1.165, 1.54) is 22.3 Å². The minimum atomic E-state index is -0.414. The Bertz CT molecular complexity index is 1230. The normalized spacial score (nSPS) is 12.6. The summed E-state index contributed by atoms with van der Waals surface area (Å²) in [7, 11) is 0. The standard InChI is InChI=1S/C27H22N2O2/c30-27(29-17-7-11-20-9-5-8-19-10-6-16-28-26(19)20)31-18-25-23-14-3-1-12-21(23)22-13-2-4-15-24(22)25/h1-16,25H,17-18H2,(H,29,30). The van der Waals surface area contributed by atoms with Crippen LogP contribution in [0.4, 0.5) is 4.79 Å². The summed E-state index contributed by atoms with van der Waals surface area (Å²) in [4.78, 5) is 16.7. The van der Waals surface area contributed by atoms with Crippen LogP contribution in [0.3, 0.4) is 0 Å². The maximum absolute atomic E-state index is 12.3. The van der Waals surface area contributed by atoms with E-state index in [1.807, 2.05) is 66.7 Å². The molecule has 0 atom stereocenters. The number of rotatable bonds is 5. The van der Waals surface area contributed by atoms with Crippen molar-refractivity contribution < 1.29 is 9.53 Å². The van der Waals surface area contributed by atoms with Crippen LogP contribution >= 0.6 is 0 Å². The van der Waals surface area contributed by atoms with E-state index in [0.717, 1.165) is 16.5 Å². The number of alkyl carbamates (subject to hydrolysis) is 1. The lowest BCUT2D eigenvalue weighted by atomic mass is 9.98. The number of nitrogens with zero attached hydrogens (tertiary/aromatic N) is 1. The van der Waals surface area contributed by atoms with E-state index in [0.29, 0.717) is 13.2 Å². The molecule has 0 saturated heterocycles. The Morgan fingerprint density at radius 3 is 2.39 bits per heavy atom. The average molecular weight is 406 g/mol. The lowest BCUT2D eigenvalue weighted by Gasteiger charge is -2.14. The third-order valence-corrected chi connectivity index (χ3v) is 5.67. The van der Waals surface area contributed by atoms with Gasteiger partial charge in [0.25, 0.3) is 0 Å². The first-order chi connectivity index (χ1) is 15.3. The number of pyridine rings is 1. The van der Waals surface area contributed by atoms with Gasteiger partial charge in [0, 0.05) is 29.6 Å². The number of hydrogen-bond acceptors (Lipinski definition) is 3. The summed E-state index contributed by atoms with van der Waals surface area (Å²) >= 11 is 0. The first-order valence-corrected chi connectivity index (χ1v) is 10.4. The SMILES string of the molecule is O=C(NCC=Cc1cccc2cccnc12)OCC1c2ccccc2-c2ccccc21. The van der Waals surface area contributed by atoms with Gasteiger partial charge >= 0.3 is 6.09 Å². The molecular weight excluding hydrogens is 384 g/mol.